The molecule has 0 unspecified atom stereocenters. The lowest BCUT2D eigenvalue weighted by Gasteiger charge is -2.70. The molecule has 2 aromatic rings. The minimum atomic E-state index is -1.96. The van der Waals surface area contributed by atoms with Crippen molar-refractivity contribution in [1.82, 2.24) is 10.6 Å². The molecule has 11 rings (SSSR count). The number of amides is 3. The van der Waals surface area contributed by atoms with E-state index < -0.39 is 114 Å². The van der Waals surface area contributed by atoms with Crippen LogP contribution in [0.4, 0.5) is 10.5 Å². The molecule has 14 atom stereocenters. The Balaban J connectivity index is 0.738. The first-order valence-electron chi connectivity index (χ1n) is 25.4. The number of rotatable bonds is 17. The SMILES string of the molecule is C[C@]12C=CC(=O)C=C1CC[C@@H]1[C@@H]2[C@@H](O)C[C@@]2(C)[C@H]1C[C@H]1O[C@@H](c3ccc(CC45CC(NC(=O)OCc6ccc(O[C@@H]7O[C@H](C(=O)O)[C@@H](O)[C@H](O)[C@H]7O)c(NC(=O)CCNC(=O)CON)c6)(C4)C5)cc3)O[C@]12C(=O)CO. The van der Waals surface area contributed by atoms with E-state index in [1.165, 1.54) is 18.2 Å². The number of ketones is 2. The maximum atomic E-state index is 14.0. The predicted octanol–water partition coefficient (Wildman–Crippen LogP) is 1.29. The van der Waals surface area contributed by atoms with Crippen LogP contribution in [0.1, 0.15) is 88.2 Å². The number of hydrogen-bond donors (Lipinski definition) is 10. The molecule has 404 valence electrons. The molecule has 22 nitrogen and oxygen atoms in total. The highest BCUT2D eigenvalue weighted by molar-refractivity contribution is 6.01. The highest BCUT2D eigenvalue weighted by Gasteiger charge is 2.76. The van der Waals surface area contributed by atoms with Crippen LogP contribution in [0.25, 0.3) is 0 Å². The number of aliphatic hydroxyl groups excluding tert-OH is 5. The van der Waals surface area contributed by atoms with Gasteiger partial charge in [0.2, 0.25) is 18.1 Å². The molecule has 0 radical (unpaired) electrons. The summed E-state index contributed by atoms with van der Waals surface area (Å²) in [6.45, 7) is 2.61. The Labute approximate surface area is 430 Å². The molecule has 2 bridgehead atoms. The molecule has 75 heavy (non-hydrogen) atoms. The first kappa shape index (κ1) is 52.8. The van der Waals surface area contributed by atoms with Gasteiger partial charge in [-0.05, 0) is 104 Å². The van der Waals surface area contributed by atoms with Gasteiger partial charge >= 0.3 is 12.1 Å². The van der Waals surface area contributed by atoms with E-state index >= 15 is 0 Å². The van der Waals surface area contributed by atoms with E-state index in [-0.39, 0.29) is 66.4 Å². The first-order valence-corrected chi connectivity index (χ1v) is 25.4. The number of nitrogens with one attached hydrogen (secondary N) is 3. The van der Waals surface area contributed by atoms with Crippen molar-refractivity contribution in [3.8, 4) is 5.75 Å². The first-order chi connectivity index (χ1) is 35.7. The summed E-state index contributed by atoms with van der Waals surface area (Å²) in [4.78, 5) is 80.1. The van der Waals surface area contributed by atoms with E-state index in [2.05, 4.69) is 27.7 Å². The zero-order valence-corrected chi connectivity index (χ0v) is 41.5. The number of benzene rings is 2. The number of carboxylic acid groups (broad SMARTS) is 1. The Kier molecular flexibility index (Phi) is 13.9. The summed E-state index contributed by atoms with van der Waals surface area (Å²) in [6, 6.07) is 12.1. The Morgan fingerprint density at radius 3 is 2.36 bits per heavy atom. The van der Waals surface area contributed by atoms with E-state index in [4.69, 9.17) is 29.6 Å². The molecule has 2 heterocycles. The lowest BCUT2D eigenvalue weighted by Crippen LogP contribution is -2.75. The Hall–Kier alpha value is -5.66. The molecule has 0 spiro atoms. The third-order valence-corrected chi connectivity index (χ3v) is 17.8. The van der Waals surface area contributed by atoms with Crippen molar-refractivity contribution in [1.29, 1.82) is 0 Å². The number of anilines is 1. The molecular formula is C53H64N4O18. The summed E-state index contributed by atoms with van der Waals surface area (Å²) in [5, 5.41) is 70.9. The van der Waals surface area contributed by atoms with Gasteiger partial charge < -0.3 is 70.3 Å². The molecule has 2 saturated heterocycles. The third kappa shape index (κ3) is 9.15. The quantitative estimate of drug-likeness (QED) is 0.0998. The van der Waals surface area contributed by atoms with Gasteiger partial charge in [-0.25, -0.2) is 15.5 Å². The molecular weight excluding hydrogens is 981 g/mol. The summed E-state index contributed by atoms with van der Waals surface area (Å²) in [5.41, 5.74) is -0.0114. The van der Waals surface area contributed by atoms with Gasteiger partial charge in [0.25, 0.3) is 0 Å². The third-order valence-electron chi connectivity index (χ3n) is 17.8. The summed E-state index contributed by atoms with van der Waals surface area (Å²) in [6.07, 6.45) is -2.21. The topological polar surface area (TPSA) is 341 Å². The van der Waals surface area contributed by atoms with Crippen molar-refractivity contribution in [2.45, 2.75) is 139 Å². The van der Waals surface area contributed by atoms with E-state index in [9.17, 15) is 59.4 Å². The molecule has 22 heteroatoms. The molecule has 0 aromatic heterocycles. The number of ether oxygens (including phenoxy) is 5. The number of aliphatic hydroxyl groups is 5. The van der Waals surface area contributed by atoms with Crippen molar-refractivity contribution in [2.24, 2.45) is 39.9 Å². The van der Waals surface area contributed by atoms with Crippen LogP contribution in [0.3, 0.4) is 0 Å². The number of carbonyl (C=O) groups is 6. The standard InChI is InChI=1S/C53H64N4O18/c1-49-13-11-30(59)16-29(49)8-9-31-32-17-37-53(36(61)20-58,50(32,2)19-34(60)40(31)49)75-46(73-37)28-6-3-26(4-7-28)18-51-23-52(24-51,25-51)57-48(69)70-21-27-5-10-35(33(15-27)56-38(62)12-14-55-39(63)22-71-54)72-47-43(66)41(64)42(65)44(74-47)45(67)68/h3-7,10-11,13,15-16,31-32,34,37,40-44,46-47,58,60,64-66H,8-9,12,14,17-25,54H2,1-2H3,(H,55,63)(H,56,62)(H,57,69)(H,67,68)/t31-,32-,34-,37+,40+,41-,42-,43+,44-,46+,47+,49-,50-,51?,52?,53+/m0/s1. The monoisotopic (exact) mass is 1040 g/mol. The number of hydrogen-bond acceptors (Lipinski definition) is 18. The number of carbonyl (C=O) groups excluding carboxylic acids is 5. The van der Waals surface area contributed by atoms with E-state index in [0.29, 0.717) is 12.0 Å². The Morgan fingerprint density at radius 2 is 1.65 bits per heavy atom. The van der Waals surface area contributed by atoms with E-state index in [1.54, 1.807) is 12.2 Å². The number of nitrogens with two attached hydrogens (primary N) is 1. The fourth-order valence-electron chi connectivity index (χ4n) is 14.6. The van der Waals surface area contributed by atoms with Gasteiger partial charge in [0.05, 0.1) is 17.9 Å². The van der Waals surface area contributed by atoms with Crippen LogP contribution >= 0.6 is 0 Å². The van der Waals surface area contributed by atoms with Crippen LogP contribution in [0.5, 0.6) is 5.75 Å². The molecule has 7 aliphatic carbocycles. The number of fused-ring (bicyclic) bond motifs is 7. The number of aliphatic carboxylic acids is 1. The van der Waals surface area contributed by atoms with Crippen LogP contribution < -0.4 is 26.6 Å². The highest BCUT2D eigenvalue weighted by Crippen LogP contribution is 2.71. The van der Waals surface area contributed by atoms with E-state index in [0.717, 1.165) is 55.2 Å². The van der Waals surface area contributed by atoms with Crippen molar-refractivity contribution < 1.29 is 87.9 Å². The number of alkyl carbamates (subject to hydrolysis) is 1. The Bertz CT molecular complexity index is 2680. The van der Waals surface area contributed by atoms with Crippen LogP contribution in [0, 0.1) is 34.0 Å². The fraction of sp³-hybridized carbons (Fsp3) is 0.585. The normalized spacial score (nSPS) is 38.7. The summed E-state index contributed by atoms with van der Waals surface area (Å²) in [5.74, 6) is 1.37. The van der Waals surface area contributed by atoms with Crippen molar-refractivity contribution in [3.63, 3.8) is 0 Å². The average molecular weight is 1050 g/mol. The van der Waals surface area contributed by atoms with Gasteiger partial charge in [0, 0.05) is 40.8 Å². The van der Waals surface area contributed by atoms with Gasteiger partial charge in [0.1, 0.15) is 43.9 Å². The van der Waals surface area contributed by atoms with Crippen molar-refractivity contribution in [3.05, 3.63) is 83.0 Å². The maximum absolute atomic E-state index is 14.0. The number of allylic oxidation sites excluding steroid dienone is 4. The van der Waals surface area contributed by atoms with Crippen LogP contribution in [0.15, 0.2) is 66.3 Å². The van der Waals surface area contributed by atoms with Crippen molar-refractivity contribution in [2.75, 3.05) is 25.1 Å². The summed E-state index contributed by atoms with van der Waals surface area (Å²) < 4.78 is 30.0. The Morgan fingerprint density at radius 1 is 0.920 bits per heavy atom. The zero-order chi connectivity index (χ0) is 53.4. The second-order valence-electron chi connectivity index (χ2n) is 22.4. The van der Waals surface area contributed by atoms with Crippen LogP contribution in [-0.4, -0.2) is 140 Å². The minimum Gasteiger partial charge on any atom is -0.479 e. The summed E-state index contributed by atoms with van der Waals surface area (Å²) in [7, 11) is 0. The van der Waals surface area contributed by atoms with Crippen molar-refractivity contribution >= 4 is 41.1 Å². The summed E-state index contributed by atoms with van der Waals surface area (Å²) >= 11 is 0. The lowest BCUT2D eigenvalue weighted by molar-refractivity contribution is -0.271. The molecule has 9 aliphatic rings. The minimum absolute atomic E-state index is 0.0166. The molecule has 2 aromatic carbocycles. The largest absolute Gasteiger partial charge is 0.479 e. The van der Waals surface area contributed by atoms with Crippen LogP contribution in [0.2, 0.25) is 0 Å². The molecule has 2 aliphatic heterocycles. The lowest BCUT2D eigenvalue weighted by atomic mass is 9.38. The maximum Gasteiger partial charge on any atom is 0.407 e. The second-order valence-corrected chi connectivity index (χ2v) is 22.4. The molecule has 3 amide bonds. The number of Topliss-reactive ketones (excluding diaryl/α,β-unsaturated/α-hetero) is 1. The zero-order valence-electron chi connectivity index (χ0n) is 41.5. The van der Waals surface area contributed by atoms with Gasteiger partial charge in [-0.1, -0.05) is 55.8 Å². The highest BCUT2D eigenvalue weighted by atomic mass is 16.7. The van der Waals surface area contributed by atoms with E-state index in [1.807, 2.05) is 37.3 Å². The molecule has 6 saturated carbocycles. The fourth-order valence-corrected chi connectivity index (χ4v) is 14.6. The van der Waals surface area contributed by atoms with Gasteiger partial charge in [-0.2, -0.15) is 0 Å². The smallest absolute Gasteiger partial charge is 0.407 e. The van der Waals surface area contributed by atoms with Gasteiger partial charge in [-0.15, -0.1) is 0 Å². The van der Waals surface area contributed by atoms with Gasteiger partial charge in [0.15, 0.2) is 29.6 Å². The average Bonchev–Trinajstić information content (AvgIpc) is 3.85. The van der Waals surface area contributed by atoms with Gasteiger partial charge in [-0.3, -0.25) is 24.0 Å². The molecule has 8 fully saturated rings. The predicted molar refractivity (Wildman–Crippen MR) is 257 cm³/mol. The van der Waals surface area contributed by atoms with Crippen LogP contribution in [-0.2, 0) is 60.8 Å². The molecule has 11 N–H and O–H groups in total. The number of carboxylic acids is 1. The second kappa shape index (κ2) is 19.7.